The van der Waals surface area contributed by atoms with E-state index in [1.54, 1.807) is 0 Å². The van der Waals surface area contributed by atoms with Crippen LogP contribution in [-0.2, 0) is 0 Å². The highest BCUT2D eigenvalue weighted by Crippen LogP contribution is 2.39. The zero-order valence-electron chi connectivity index (χ0n) is 9.40. The van der Waals surface area contributed by atoms with Gasteiger partial charge in [-0.3, -0.25) is 0 Å². The fourth-order valence-electron chi connectivity index (χ4n) is 2.40. The van der Waals surface area contributed by atoms with Crippen LogP contribution < -0.4 is 4.74 Å². The molecule has 0 saturated heterocycles. The number of hydrogen-bond donors (Lipinski definition) is 0. The summed E-state index contributed by atoms with van der Waals surface area (Å²) in [5, 5.41) is 0. The SMILES string of the molecule is Brc1ccc2c(c1)C(c1ccccc1)CCO2. The maximum atomic E-state index is 5.71. The Hall–Kier alpha value is -1.28. The maximum absolute atomic E-state index is 5.71. The third-order valence-corrected chi connectivity index (χ3v) is 3.71. The van der Waals surface area contributed by atoms with Crippen molar-refractivity contribution in [1.82, 2.24) is 0 Å². The van der Waals surface area contributed by atoms with E-state index in [4.69, 9.17) is 4.74 Å². The van der Waals surface area contributed by atoms with Gasteiger partial charge in [0, 0.05) is 16.0 Å². The topological polar surface area (TPSA) is 9.23 Å². The molecule has 0 bridgehead atoms. The van der Waals surface area contributed by atoms with E-state index in [1.807, 2.05) is 6.07 Å². The molecule has 0 fully saturated rings. The maximum Gasteiger partial charge on any atom is 0.123 e. The second kappa shape index (κ2) is 4.53. The van der Waals surface area contributed by atoms with Crippen molar-refractivity contribution in [3.63, 3.8) is 0 Å². The van der Waals surface area contributed by atoms with E-state index in [1.165, 1.54) is 11.1 Å². The number of rotatable bonds is 1. The van der Waals surface area contributed by atoms with Crippen molar-refractivity contribution in [3.05, 3.63) is 64.1 Å². The van der Waals surface area contributed by atoms with Crippen LogP contribution >= 0.6 is 15.9 Å². The quantitative estimate of drug-likeness (QED) is 0.757. The van der Waals surface area contributed by atoms with Crippen LogP contribution in [0.5, 0.6) is 5.75 Å². The standard InChI is InChI=1S/C15H13BrO/c16-12-6-7-15-14(10-12)13(8-9-17-15)11-4-2-1-3-5-11/h1-7,10,13H,8-9H2. The zero-order chi connectivity index (χ0) is 11.7. The van der Waals surface area contributed by atoms with Crippen molar-refractivity contribution in [2.24, 2.45) is 0 Å². The smallest absolute Gasteiger partial charge is 0.123 e. The van der Waals surface area contributed by atoms with Gasteiger partial charge in [0.2, 0.25) is 0 Å². The summed E-state index contributed by atoms with van der Waals surface area (Å²) in [6.07, 6.45) is 1.05. The van der Waals surface area contributed by atoms with Gasteiger partial charge < -0.3 is 4.74 Å². The molecule has 1 aliphatic heterocycles. The van der Waals surface area contributed by atoms with Crippen LogP contribution in [0, 0.1) is 0 Å². The molecular weight excluding hydrogens is 276 g/mol. The minimum atomic E-state index is 0.456. The van der Waals surface area contributed by atoms with Crippen molar-refractivity contribution in [2.45, 2.75) is 12.3 Å². The van der Waals surface area contributed by atoms with E-state index in [0.29, 0.717) is 5.92 Å². The van der Waals surface area contributed by atoms with Gasteiger partial charge in [0.1, 0.15) is 5.75 Å². The van der Waals surface area contributed by atoms with Gasteiger partial charge in [-0.1, -0.05) is 46.3 Å². The molecule has 0 radical (unpaired) electrons. The molecule has 1 unspecified atom stereocenters. The first-order valence-electron chi connectivity index (χ1n) is 5.82. The molecule has 17 heavy (non-hydrogen) atoms. The molecule has 0 aromatic heterocycles. The number of ether oxygens (including phenoxy) is 1. The Bertz CT molecular complexity index is 522. The van der Waals surface area contributed by atoms with Crippen LogP contribution in [-0.4, -0.2) is 6.61 Å². The van der Waals surface area contributed by atoms with Crippen LogP contribution in [0.2, 0.25) is 0 Å². The predicted molar refractivity (Wildman–Crippen MR) is 72.5 cm³/mol. The van der Waals surface area contributed by atoms with E-state index < -0.39 is 0 Å². The Morgan fingerprint density at radius 3 is 2.71 bits per heavy atom. The molecule has 86 valence electrons. The monoisotopic (exact) mass is 288 g/mol. The number of benzene rings is 2. The van der Waals surface area contributed by atoms with Gasteiger partial charge in [-0.2, -0.15) is 0 Å². The molecule has 3 rings (SSSR count). The van der Waals surface area contributed by atoms with Crippen LogP contribution in [0.15, 0.2) is 53.0 Å². The van der Waals surface area contributed by atoms with Gasteiger partial charge in [0.25, 0.3) is 0 Å². The Kier molecular flexibility index (Phi) is 2.89. The van der Waals surface area contributed by atoms with Gasteiger partial charge in [0.15, 0.2) is 0 Å². The zero-order valence-corrected chi connectivity index (χ0v) is 11.0. The van der Waals surface area contributed by atoms with E-state index in [2.05, 4.69) is 58.4 Å². The lowest BCUT2D eigenvalue weighted by atomic mass is 9.87. The minimum absolute atomic E-state index is 0.456. The molecule has 1 aliphatic rings. The number of fused-ring (bicyclic) bond motifs is 1. The summed E-state index contributed by atoms with van der Waals surface area (Å²) in [5.41, 5.74) is 2.66. The summed E-state index contributed by atoms with van der Waals surface area (Å²) in [5.74, 6) is 1.48. The van der Waals surface area contributed by atoms with Crippen LogP contribution in [0.4, 0.5) is 0 Å². The van der Waals surface area contributed by atoms with E-state index in [0.717, 1.165) is 23.2 Å². The first kappa shape index (κ1) is 10.8. The van der Waals surface area contributed by atoms with Gasteiger partial charge in [-0.05, 0) is 30.2 Å². The van der Waals surface area contributed by atoms with Crippen molar-refractivity contribution in [1.29, 1.82) is 0 Å². The van der Waals surface area contributed by atoms with E-state index >= 15 is 0 Å². The third-order valence-electron chi connectivity index (χ3n) is 3.21. The molecule has 2 aromatic rings. The lowest BCUT2D eigenvalue weighted by Gasteiger charge is -2.26. The Labute approximate surface area is 110 Å². The number of halogens is 1. The molecule has 1 atom stereocenters. The molecule has 0 amide bonds. The van der Waals surface area contributed by atoms with Crippen LogP contribution in [0.3, 0.4) is 0 Å². The molecule has 0 aliphatic carbocycles. The molecule has 2 aromatic carbocycles. The van der Waals surface area contributed by atoms with Gasteiger partial charge in [0.05, 0.1) is 6.61 Å². The van der Waals surface area contributed by atoms with Crippen molar-refractivity contribution in [3.8, 4) is 5.75 Å². The predicted octanol–water partition coefficient (Wildman–Crippen LogP) is 4.36. The van der Waals surface area contributed by atoms with E-state index in [-0.39, 0.29) is 0 Å². The molecule has 1 nitrogen and oxygen atoms in total. The molecule has 0 spiro atoms. The normalized spacial score (nSPS) is 18.3. The average Bonchev–Trinajstić information content (AvgIpc) is 2.39. The summed E-state index contributed by atoms with van der Waals surface area (Å²) in [7, 11) is 0. The number of hydrogen-bond acceptors (Lipinski definition) is 1. The molecular formula is C15H13BrO. The minimum Gasteiger partial charge on any atom is -0.493 e. The second-order valence-electron chi connectivity index (χ2n) is 4.28. The fraction of sp³-hybridized carbons (Fsp3) is 0.200. The summed E-state index contributed by atoms with van der Waals surface area (Å²) in [6, 6.07) is 16.9. The second-order valence-corrected chi connectivity index (χ2v) is 5.20. The lowest BCUT2D eigenvalue weighted by Crippen LogP contribution is -2.15. The molecule has 2 heteroatoms. The first-order valence-corrected chi connectivity index (χ1v) is 6.61. The third kappa shape index (κ3) is 2.09. The van der Waals surface area contributed by atoms with Crippen molar-refractivity contribution in [2.75, 3.05) is 6.61 Å². The summed E-state index contributed by atoms with van der Waals surface area (Å²) in [4.78, 5) is 0. The fourth-order valence-corrected chi connectivity index (χ4v) is 2.78. The summed E-state index contributed by atoms with van der Waals surface area (Å²) in [6.45, 7) is 0.800. The van der Waals surface area contributed by atoms with Crippen molar-refractivity contribution >= 4 is 15.9 Å². The highest BCUT2D eigenvalue weighted by molar-refractivity contribution is 9.10. The average molecular weight is 289 g/mol. The molecule has 0 saturated carbocycles. The summed E-state index contributed by atoms with van der Waals surface area (Å²) < 4.78 is 6.82. The lowest BCUT2D eigenvalue weighted by molar-refractivity contribution is 0.277. The summed E-state index contributed by atoms with van der Waals surface area (Å²) >= 11 is 3.53. The largest absolute Gasteiger partial charge is 0.493 e. The Morgan fingerprint density at radius 1 is 1.06 bits per heavy atom. The molecule has 0 N–H and O–H groups in total. The molecule has 1 heterocycles. The highest BCUT2D eigenvalue weighted by atomic mass is 79.9. The van der Waals surface area contributed by atoms with E-state index in [9.17, 15) is 0 Å². The first-order chi connectivity index (χ1) is 8.34. The van der Waals surface area contributed by atoms with Gasteiger partial charge >= 0.3 is 0 Å². The van der Waals surface area contributed by atoms with Gasteiger partial charge in [-0.25, -0.2) is 0 Å². The highest BCUT2D eigenvalue weighted by Gasteiger charge is 2.22. The van der Waals surface area contributed by atoms with Crippen LogP contribution in [0.25, 0.3) is 0 Å². The Morgan fingerprint density at radius 2 is 1.88 bits per heavy atom. The Balaban J connectivity index is 2.08. The van der Waals surface area contributed by atoms with Gasteiger partial charge in [-0.15, -0.1) is 0 Å². The van der Waals surface area contributed by atoms with Crippen molar-refractivity contribution < 1.29 is 4.74 Å². The van der Waals surface area contributed by atoms with Crippen LogP contribution in [0.1, 0.15) is 23.5 Å².